The highest BCUT2D eigenvalue weighted by Crippen LogP contribution is 2.31. The molecule has 0 spiro atoms. The summed E-state index contributed by atoms with van der Waals surface area (Å²) in [5.41, 5.74) is 4.52. The van der Waals surface area contributed by atoms with Crippen molar-refractivity contribution in [1.82, 2.24) is 15.0 Å². The van der Waals surface area contributed by atoms with Crippen LogP contribution in [-0.2, 0) is 21.4 Å². The molecule has 0 N–H and O–H groups in total. The highest BCUT2D eigenvalue weighted by atomic mass is 35.5. The first-order chi connectivity index (χ1) is 12.3. The van der Waals surface area contributed by atoms with E-state index in [1.54, 1.807) is 16.9 Å². The van der Waals surface area contributed by atoms with Gasteiger partial charge >= 0.3 is 5.97 Å². The third-order valence-corrected chi connectivity index (χ3v) is 4.56. The van der Waals surface area contributed by atoms with Crippen molar-refractivity contribution in [3.8, 4) is 5.69 Å². The Kier molecular flexibility index (Phi) is 5.01. The smallest absolute Gasteiger partial charge is 0.305 e. The summed E-state index contributed by atoms with van der Waals surface area (Å²) in [6.07, 6.45) is 0.872. The van der Waals surface area contributed by atoms with E-state index in [9.17, 15) is 4.79 Å². The summed E-state index contributed by atoms with van der Waals surface area (Å²) in [6.45, 7) is 6.46. The molecule has 2 aromatic carbocycles. The van der Waals surface area contributed by atoms with Crippen LogP contribution in [0.5, 0.6) is 0 Å². The molecular weight excluding hydrogens is 350 g/mol. The highest BCUT2D eigenvalue weighted by molar-refractivity contribution is 6.31. The van der Waals surface area contributed by atoms with E-state index in [1.807, 2.05) is 18.2 Å². The normalized spacial score (nSPS) is 11.7. The first-order valence-electron chi connectivity index (χ1n) is 8.52. The van der Waals surface area contributed by atoms with Gasteiger partial charge in [-0.15, -0.1) is 10.2 Å². The van der Waals surface area contributed by atoms with Gasteiger partial charge in [-0.3, -0.25) is 4.79 Å². The van der Waals surface area contributed by atoms with Gasteiger partial charge in [0.05, 0.1) is 12.8 Å². The number of methoxy groups -OCH3 is 1. The van der Waals surface area contributed by atoms with Crippen molar-refractivity contribution in [2.75, 3.05) is 7.11 Å². The summed E-state index contributed by atoms with van der Waals surface area (Å²) in [5.74, 6) is -0.231. The van der Waals surface area contributed by atoms with Gasteiger partial charge in [0, 0.05) is 11.4 Å². The van der Waals surface area contributed by atoms with Crippen LogP contribution in [-0.4, -0.2) is 28.1 Å². The van der Waals surface area contributed by atoms with Crippen molar-refractivity contribution < 1.29 is 9.53 Å². The Morgan fingerprint density at radius 2 is 1.88 bits per heavy atom. The van der Waals surface area contributed by atoms with Gasteiger partial charge in [0.2, 0.25) is 0 Å². The number of hydrogen-bond donors (Lipinski definition) is 0. The number of nitrogens with zero attached hydrogens (tertiary/aromatic N) is 3. The van der Waals surface area contributed by atoms with E-state index in [1.165, 1.54) is 12.7 Å². The molecule has 0 aliphatic carbocycles. The molecule has 0 fully saturated rings. The van der Waals surface area contributed by atoms with Gasteiger partial charge < -0.3 is 4.74 Å². The van der Waals surface area contributed by atoms with Gasteiger partial charge in [0.15, 0.2) is 0 Å². The molecule has 0 radical (unpaired) electrons. The van der Waals surface area contributed by atoms with Crippen molar-refractivity contribution in [3.05, 3.63) is 52.5 Å². The number of esters is 1. The van der Waals surface area contributed by atoms with Crippen molar-refractivity contribution in [1.29, 1.82) is 0 Å². The van der Waals surface area contributed by atoms with Crippen molar-refractivity contribution in [2.45, 2.75) is 39.0 Å². The van der Waals surface area contributed by atoms with Crippen molar-refractivity contribution in [2.24, 2.45) is 0 Å². The Morgan fingerprint density at radius 1 is 1.15 bits per heavy atom. The summed E-state index contributed by atoms with van der Waals surface area (Å²) in [6, 6.07) is 11.5. The van der Waals surface area contributed by atoms with Crippen LogP contribution in [0.2, 0.25) is 5.02 Å². The molecule has 0 aliphatic heterocycles. The van der Waals surface area contributed by atoms with E-state index in [-0.39, 0.29) is 11.4 Å². The van der Waals surface area contributed by atoms with Gasteiger partial charge in [-0.25, -0.2) is 0 Å². The van der Waals surface area contributed by atoms with Gasteiger partial charge in [0.25, 0.3) is 0 Å². The SMILES string of the molecule is COC(=O)CCc1c(-n2nc3ccc(Cl)cc3n2)cccc1C(C)(C)C. The van der Waals surface area contributed by atoms with E-state index in [0.717, 1.165) is 22.3 Å². The molecular formula is C20H22ClN3O2. The fraction of sp³-hybridized carbons (Fsp3) is 0.350. The fourth-order valence-corrected chi connectivity index (χ4v) is 3.22. The number of benzene rings is 2. The van der Waals surface area contributed by atoms with Crippen LogP contribution >= 0.6 is 11.6 Å². The van der Waals surface area contributed by atoms with Crippen LogP contribution in [0.1, 0.15) is 38.3 Å². The van der Waals surface area contributed by atoms with Crippen LogP contribution < -0.4 is 0 Å². The number of aromatic nitrogens is 3. The average Bonchev–Trinajstić information content (AvgIpc) is 3.01. The van der Waals surface area contributed by atoms with Crippen LogP contribution in [0.4, 0.5) is 0 Å². The molecule has 0 saturated heterocycles. The predicted octanol–water partition coefficient (Wildman–Crippen LogP) is 4.48. The number of ether oxygens (including phenoxy) is 1. The number of carbonyl (C=O) groups excluding carboxylic acids is 1. The number of carbonyl (C=O) groups is 1. The van der Waals surface area contributed by atoms with Crippen LogP contribution in [0.25, 0.3) is 16.7 Å². The first kappa shape index (κ1) is 18.4. The zero-order chi connectivity index (χ0) is 18.9. The third-order valence-electron chi connectivity index (χ3n) is 4.32. The standard InChI is InChI=1S/C20H22ClN3O2/c1-20(2,3)15-6-5-7-18(14(15)9-11-19(25)26-4)24-22-16-10-8-13(21)12-17(16)23-24/h5-8,10,12H,9,11H2,1-4H3. The van der Waals surface area contributed by atoms with Crippen LogP contribution in [0.3, 0.4) is 0 Å². The molecule has 5 nitrogen and oxygen atoms in total. The lowest BCUT2D eigenvalue weighted by Crippen LogP contribution is -2.18. The largest absolute Gasteiger partial charge is 0.469 e. The highest BCUT2D eigenvalue weighted by Gasteiger charge is 2.22. The maximum Gasteiger partial charge on any atom is 0.305 e. The van der Waals surface area contributed by atoms with E-state index in [0.29, 0.717) is 17.9 Å². The summed E-state index contributed by atoms with van der Waals surface area (Å²) in [7, 11) is 1.41. The fourth-order valence-electron chi connectivity index (χ4n) is 3.05. The molecule has 3 rings (SSSR count). The first-order valence-corrected chi connectivity index (χ1v) is 8.89. The van der Waals surface area contributed by atoms with Gasteiger partial charge in [-0.05, 0) is 47.2 Å². The van der Waals surface area contributed by atoms with Crippen LogP contribution in [0.15, 0.2) is 36.4 Å². The zero-order valence-corrected chi connectivity index (χ0v) is 16.2. The number of fused-ring (bicyclic) bond motifs is 1. The van der Waals surface area contributed by atoms with E-state index < -0.39 is 0 Å². The number of rotatable bonds is 4. The Morgan fingerprint density at radius 3 is 2.58 bits per heavy atom. The predicted molar refractivity (Wildman–Crippen MR) is 103 cm³/mol. The summed E-state index contributed by atoms with van der Waals surface area (Å²) >= 11 is 6.06. The lowest BCUT2D eigenvalue weighted by atomic mass is 9.82. The van der Waals surface area contributed by atoms with Gasteiger partial charge in [-0.2, -0.15) is 4.80 Å². The molecule has 0 amide bonds. The minimum atomic E-state index is -0.231. The molecule has 1 heterocycles. The van der Waals surface area contributed by atoms with Crippen molar-refractivity contribution >= 4 is 28.6 Å². The molecule has 3 aromatic rings. The second kappa shape index (κ2) is 7.08. The summed E-state index contributed by atoms with van der Waals surface area (Å²) in [4.78, 5) is 13.3. The van der Waals surface area contributed by atoms with Gasteiger partial charge in [0.1, 0.15) is 11.0 Å². The minimum Gasteiger partial charge on any atom is -0.469 e. The molecule has 1 aromatic heterocycles. The number of hydrogen-bond acceptors (Lipinski definition) is 4. The Bertz CT molecular complexity index is 957. The van der Waals surface area contributed by atoms with E-state index >= 15 is 0 Å². The Labute approximate surface area is 157 Å². The lowest BCUT2D eigenvalue weighted by Gasteiger charge is -2.24. The van der Waals surface area contributed by atoms with Crippen LogP contribution in [0, 0.1) is 0 Å². The Hall–Kier alpha value is -2.40. The zero-order valence-electron chi connectivity index (χ0n) is 15.4. The maximum absolute atomic E-state index is 11.7. The second-order valence-electron chi connectivity index (χ2n) is 7.25. The summed E-state index contributed by atoms with van der Waals surface area (Å²) in [5, 5.41) is 9.79. The molecule has 0 aliphatic rings. The Balaban J connectivity index is 2.13. The molecule has 6 heteroatoms. The monoisotopic (exact) mass is 371 g/mol. The molecule has 26 heavy (non-hydrogen) atoms. The summed E-state index contributed by atoms with van der Waals surface area (Å²) < 4.78 is 4.81. The topological polar surface area (TPSA) is 57.0 Å². The minimum absolute atomic E-state index is 0.0721. The second-order valence-corrected chi connectivity index (χ2v) is 7.69. The molecule has 136 valence electrons. The molecule has 0 saturated carbocycles. The average molecular weight is 372 g/mol. The van der Waals surface area contributed by atoms with E-state index in [2.05, 4.69) is 37.0 Å². The van der Waals surface area contributed by atoms with E-state index in [4.69, 9.17) is 16.3 Å². The molecule has 0 bridgehead atoms. The molecule has 0 atom stereocenters. The van der Waals surface area contributed by atoms with Crippen molar-refractivity contribution in [3.63, 3.8) is 0 Å². The maximum atomic E-state index is 11.7. The van der Waals surface area contributed by atoms with Gasteiger partial charge in [-0.1, -0.05) is 44.5 Å². The molecule has 0 unspecified atom stereocenters. The quantitative estimate of drug-likeness (QED) is 0.634. The number of halogens is 1. The third kappa shape index (κ3) is 3.73. The lowest BCUT2D eigenvalue weighted by molar-refractivity contribution is -0.140.